The lowest BCUT2D eigenvalue weighted by Crippen LogP contribution is -2.59. The molecule has 1 N–H and O–H groups in total. The summed E-state index contributed by atoms with van der Waals surface area (Å²) in [6.45, 7) is 0.423. The molecule has 2 amide bonds. The number of halogens is 14. The van der Waals surface area contributed by atoms with Crippen LogP contribution in [0.5, 0.6) is 0 Å². The highest BCUT2D eigenvalue weighted by atomic mass is 19.4. The van der Waals surface area contributed by atoms with Crippen molar-refractivity contribution < 1.29 is 71.1 Å². The molecule has 0 aliphatic carbocycles. The molecule has 0 saturated carbocycles. The molecule has 0 fully saturated rings. The second-order valence-corrected chi connectivity index (χ2v) is 9.27. The van der Waals surface area contributed by atoms with Gasteiger partial charge < -0.3 is 10.2 Å². The molecule has 1 heterocycles. The van der Waals surface area contributed by atoms with Gasteiger partial charge in [-0.2, -0.15) is 52.7 Å². The van der Waals surface area contributed by atoms with Gasteiger partial charge in [-0.05, 0) is 42.8 Å². The second kappa shape index (κ2) is 11.5. The highest BCUT2D eigenvalue weighted by Gasteiger charge is 2.81. The van der Waals surface area contributed by atoms with Gasteiger partial charge in [0.2, 0.25) is 5.95 Å². The van der Waals surface area contributed by atoms with Gasteiger partial charge in [-0.3, -0.25) is 9.59 Å². The van der Waals surface area contributed by atoms with Crippen molar-refractivity contribution >= 4 is 23.2 Å². The fourth-order valence-corrected chi connectivity index (χ4v) is 4.03. The van der Waals surface area contributed by atoms with E-state index in [0.29, 0.717) is 17.9 Å². The number of anilines is 2. The Labute approximate surface area is 242 Å². The molecule has 3 rings (SSSR count). The lowest BCUT2D eigenvalue weighted by atomic mass is 9.85. The minimum Gasteiger partial charge on any atom is -0.321 e. The summed E-state index contributed by atoms with van der Waals surface area (Å²) in [6, 6.07) is 2.93. The molecule has 1 unspecified atom stereocenters. The number of amides is 2. The number of carbonyl (C=O) groups is 2. The van der Waals surface area contributed by atoms with Crippen molar-refractivity contribution in [1.82, 2.24) is 4.98 Å². The van der Waals surface area contributed by atoms with Crippen molar-refractivity contribution in [2.24, 2.45) is 0 Å². The first-order valence-electron chi connectivity index (χ1n) is 11.8. The maximum Gasteiger partial charge on any atom is 0.457 e. The highest BCUT2D eigenvalue weighted by Crippen LogP contribution is 2.59. The van der Waals surface area contributed by atoms with Gasteiger partial charge >= 0.3 is 30.1 Å². The summed E-state index contributed by atoms with van der Waals surface area (Å²) >= 11 is 0. The molecule has 244 valence electrons. The molecule has 19 heteroatoms. The fourth-order valence-electron chi connectivity index (χ4n) is 4.03. The van der Waals surface area contributed by atoms with Crippen LogP contribution < -0.4 is 10.2 Å². The van der Waals surface area contributed by atoms with Gasteiger partial charge in [0, 0.05) is 18.8 Å². The normalized spacial score (nSPS) is 14.1. The van der Waals surface area contributed by atoms with Crippen LogP contribution in [0.3, 0.4) is 0 Å². The number of nitrogens with zero attached hydrogens (tertiary/aromatic N) is 2. The molecule has 45 heavy (non-hydrogen) atoms. The van der Waals surface area contributed by atoms with Crippen LogP contribution in [-0.2, 0) is 11.8 Å². The van der Waals surface area contributed by atoms with Crippen LogP contribution >= 0.6 is 0 Å². The Morgan fingerprint density at radius 1 is 0.822 bits per heavy atom. The molecule has 1 atom stereocenters. The maximum absolute atomic E-state index is 15.3. The third-order valence-electron chi connectivity index (χ3n) is 6.32. The van der Waals surface area contributed by atoms with E-state index in [2.05, 4.69) is 4.98 Å². The van der Waals surface area contributed by atoms with Gasteiger partial charge in [0.25, 0.3) is 11.8 Å². The molecule has 0 saturated heterocycles. The van der Waals surface area contributed by atoms with Gasteiger partial charge in [-0.15, -0.1) is 0 Å². The van der Waals surface area contributed by atoms with Gasteiger partial charge in [0.05, 0.1) is 28.1 Å². The van der Waals surface area contributed by atoms with Crippen LogP contribution in [0.4, 0.5) is 72.8 Å². The van der Waals surface area contributed by atoms with E-state index in [1.165, 1.54) is 5.32 Å². The summed E-state index contributed by atoms with van der Waals surface area (Å²) < 4.78 is 192. The second-order valence-electron chi connectivity index (χ2n) is 9.27. The number of aryl methyl sites for hydroxylation is 1. The molecule has 0 radical (unpaired) electrons. The number of alkyl halides is 12. The number of carbonyl (C=O) groups excluding carboxylic acids is 2. The Kier molecular flexibility index (Phi) is 8.94. The van der Waals surface area contributed by atoms with Crippen molar-refractivity contribution in [3.63, 3.8) is 0 Å². The fraction of sp³-hybridized carbons (Fsp3) is 0.269. The zero-order chi connectivity index (χ0) is 34.5. The van der Waals surface area contributed by atoms with E-state index in [0.717, 1.165) is 37.5 Å². The average Bonchev–Trinajstić information content (AvgIpc) is 2.91. The zero-order valence-corrected chi connectivity index (χ0v) is 22.1. The van der Waals surface area contributed by atoms with E-state index in [9.17, 15) is 66.7 Å². The SMILES string of the molecule is Cc1cc(C(F)(C(F)(F)F)C(F)(F)C(F)(F)F)cc(C(F)(F)F)c1NC(=O)c1cccc(N(C)C(=O)c2ccc(F)nc2)c1F. The number of rotatable bonds is 6. The maximum atomic E-state index is 15.3. The number of hydrogen-bond donors (Lipinski definition) is 1. The summed E-state index contributed by atoms with van der Waals surface area (Å²) in [7, 11) is 0.983. The van der Waals surface area contributed by atoms with Crippen LogP contribution in [0.25, 0.3) is 0 Å². The Morgan fingerprint density at radius 3 is 1.91 bits per heavy atom. The smallest absolute Gasteiger partial charge is 0.321 e. The predicted octanol–water partition coefficient (Wildman–Crippen LogP) is 8.14. The molecule has 5 nitrogen and oxygen atoms in total. The number of aromatic nitrogens is 1. The summed E-state index contributed by atoms with van der Waals surface area (Å²) in [5.74, 6) is -12.6. The number of nitrogens with one attached hydrogen (secondary N) is 1. The van der Waals surface area contributed by atoms with Crippen LogP contribution in [0.15, 0.2) is 48.7 Å². The van der Waals surface area contributed by atoms with E-state index in [1.54, 1.807) is 0 Å². The first-order valence-corrected chi connectivity index (χ1v) is 11.8. The van der Waals surface area contributed by atoms with Crippen molar-refractivity contribution in [2.45, 2.75) is 37.0 Å². The van der Waals surface area contributed by atoms with Gasteiger partial charge in [-0.1, -0.05) is 12.1 Å². The standard InChI is InChI=1S/C26H15F14N3O2/c1-11-8-13(22(29,25(35,36)37)24(33,34)26(38,39)40)9-15(23(30,31)32)19(11)42-20(44)14-4-3-5-16(18(14)28)43(2)21(45)12-6-7-17(27)41-10-12/h3-10H,1-2H3,(H,42,44). The van der Waals surface area contributed by atoms with Gasteiger partial charge in [0.1, 0.15) is 0 Å². The monoisotopic (exact) mass is 667 g/mol. The third-order valence-corrected chi connectivity index (χ3v) is 6.32. The quantitative estimate of drug-likeness (QED) is 0.213. The van der Waals surface area contributed by atoms with E-state index in [4.69, 9.17) is 0 Å². The minimum atomic E-state index is -7.28. The molecule has 0 aliphatic heterocycles. The molecule has 0 bridgehead atoms. The Balaban J connectivity index is 2.12. The van der Waals surface area contributed by atoms with Crippen molar-refractivity contribution in [3.8, 4) is 0 Å². The zero-order valence-electron chi connectivity index (χ0n) is 22.1. The van der Waals surface area contributed by atoms with Crippen LogP contribution in [0, 0.1) is 18.7 Å². The van der Waals surface area contributed by atoms with E-state index >= 15 is 4.39 Å². The summed E-state index contributed by atoms with van der Waals surface area (Å²) in [6.07, 6.45) is -19.5. The molecular formula is C26H15F14N3O2. The summed E-state index contributed by atoms with van der Waals surface area (Å²) in [5, 5.41) is 1.49. The van der Waals surface area contributed by atoms with E-state index in [1.807, 2.05) is 0 Å². The topological polar surface area (TPSA) is 62.3 Å². The van der Waals surface area contributed by atoms with Crippen LogP contribution in [0.1, 0.15) is 37.4 Å². The first-order chi connectivity index (χ1) is 20.4. The number of benzene rings is 2. The predicted molar refractivity (Wildman–Crippen MR) is 127 cm³/mol. The van der Waals surface area contributed by atoms with E-state index < -0.39 is 99.5 Å². The minimum absolute atomic E-state index is 0.266. The summed E-state index contributed by atoms with van der Waals surface area (Å²) in [4.78, 5) is 29.3. The van der Waals surface area contributed by atoms with Crippen molar-refractivity contribution in [1.29, 1.82) is 0 Å². The van der Waals surface area contributed by atoms with Gasteiger partial charge in [-0.25, -0.2) is 13.8 Å². The van der Waals surface area contributed by atoms with E-state index in [-0.39, 0.29) is 5.56 Å². The Bertz CT molecular complexity index is 1620. The highest BCUT2D eigenvalue weighted by molar-refractivity contribution is 6.08. The lowest BCUT2D eigenvalue weighted by molar-refractivity contribution is -0.389. The molecule has 3 aromatic rings. The molecule has 2 aromatic carbocycles. The van der Waals surface area contributed by atoms with Crippen molar-refractivity contribution in [3.05, 3.63) is 88.2 Å². The lowest BCUT2D eigenvalue weighted by Gasteiger charge is -2.36. The average molecular weight is 667 g/mol. The van der Waals surface area contributed by atoms with Crippen LogP contribution in [0.2, 0.25) is 0 Å². The largest absolute Gasteiger partial charge is 0.457 e. The van der Waals surface area contributed by atoms with Crippen molar-refractivity contribution in [2.75, 3.05) is 17.3 Å². The Hall–Kier alpha value is -4.45. The molecule has 0 spiro atoms. The number of pyridine rings is 1. The van der Waals surface area contributed by atoms with Gasteiger partial charge in [0.15, 0.2) is 5.82 Å². The summed E-state index contributed by atoms with van der Waals surface area (Å²) in [5.41, 5.74) is -16.8. The first kappa shape index (κ1) is 35.0. The third kappa shape index (κ3) is 6.24. The molecule has 0 aliphatic rings. The Morgan fingerprint density at radius 2 is 1.42 bits per heavy atom. The molecule has 1 aromatic heterocycles. The van der Waals surface area contributed by atoms with Crippen LogP contribution in [-0.4, -0.2) is 42.1 Å². The number of hydrogen-bond acceptors (Lipinski definition) is 3. The molecular weight excluding hydrogens is 652 g/mol.